The van der Waals surface area contributed by atoms with Crippen molar-refractivity contribution in [1.29, 1.82) is 0 Å². The Labute approximate surface area is 122 Å². The van der Waals surface area contributed by atoms with Crippen molar-refractivity contribution in [3.8, 4) is 11.8 Å². The lowest BCUT2D eigenvalue weighted by molar-refractivity contribution is 0.381. The fourth-order valence-corrected chi connectivity index (χ4v) is 3.43. The summed E-state index contributed by atoms with van der Waals surface area (Å²) in [5, 5.41) is 0. The first-order valence-corrected chi connectivity index (χ1v) is 8.15. The maximum absolute atomic E-state index is 12.5. The molecule has 2 N–H and O–H groups in total. The standard InChI is InChI=1S/C15H22N2O2S/c1-4-17(12-13(2)3)20(18,19)15-9-7-14(8-10-15)6-5-11-16/h7-10,13H,4,11-12,16H2,1-3H3. The van der Waals surface area contributed by atoms with Crippen LogP contribution in [0, 0.1) is 17.8 Å². The lowest BCUT2D eigenvalue weighted by atomic mass is 10.2. The molecule has 5 heteroatoms. The van der Waals surface area contributed by atoms with E-state index in [0.29, 0.717) is 23.9 Å². The van der Waals surface area contributed by atoms with Crippen LogP contribution in [0.25, 0.3) is 0 Å². The molecule has 1 rings (SSSR count). The fraction of sp³-hybridized carbons (Fsp3) is 0.467. The quantitative estimate of drug-likeness (QED) is 0.840. The van der Waals surface area contributed by atoms with Gasteiger partial charge >= 0.3 is 0 Å². The summed E-state index contributed by atoms with van der Waals surface area (Å²) in [5.41, 5.74) is 6.07. The van der Waals surface area contributed by atoms with E-state index in [1.165, 1.54) is 4.31 Å². The fourth-order valence-electron chi connectivity index (χ4n) is 1.82. The van der Waals surface area contributed by atoms with E-state index >= 15 is 0 Å². The van der Waals surface area contributed by atoms with Gasteiger partial charge < -0.3 is 5.73 Å². The van der Waals surface area contributed by atoms with Gasteiger partial charge in [0.15, 0.2) is 0 Å². The maximum atomic E-state index is 12.5. The lowest BCUT2D eigenvalue weighted by Gasteiger charge is -2.22. The first-order valence-electron chi connectivity index (χ1n) is 6.71. The summed E-state index contributed by atoms with van der Waals surface area (Å²) in [6.07, 6.45) is 0. The van der Waals surface area contributed by atoms with Crippen molar-refractivity contribution in [3.63, 3.8) is 0 Å². The molecule has 4 nitrogen and oxygen atoms in total. The van der Waals surface area contributed by atoms with Crippen LogP contribution >= 0.6 is 0 Å². The second-order valence-corrected chi connectivity index (χ2v) is 6.82. The van der Waals surface area contributed by atoms with Gasteiger partial charge in [0.2, 0.25) is 10.0 Å². The molecule has 0 amide bonds. The van der Waals surface area contributed by atoms with Crippen LogP contribution in [0.3, 0.4) is 0 Å². The number of hydrogen-bond acceptors (Lipinski definition) is 3. The molecule has 0 fully saturated rings. The monoisotopic (exact) mass is 294 g/mol. The van der Waals surface area contributed by atoms with E-state index in [0.717, 1.165) is 5.56 Å². The van der Waals surface area contributed by atoms with E-state index in [2.05, 4.69) is 11.8 Å². The first kappa shape index (κ1) is 16.7. The average Bonchev–Trinajstić information content (AvgIpc) is 2.42. The zero-order chi connectivity index (χ0) is 15.2. The molecule has 1 aromatic rings. The zero-order valence-electron chi connectivity index (χ0n) is 12.3. The second kappa shape index (κ2) is 7.44. The molecule has 0 saturated carbocycles. The van der Waals surface area contributed by atoms with Crippen molar-refractivity contribution in [1.82, 2.24) is 4.31 Å². The smallest absolute Gasteiger partial charge is 0.243 e. The molecule has 0 radical (unpaired) electrons. The summed E-state index contributed by atoms with van der Waals surface area (Å²) in [6, 6.07) is 6.61. The van der Waals surface area contributed by atoms with Crippen LogP contribution in [0.5, 0.6) is 0 Å². The summed E-state index contributed by atoms with van der Waals surface area (Å²) in [4.78, 5) is 0.304. The Hall–Kier alpha value is -1.35. The molecule has 110 valence electrons. The van der Waals surface area contributed by atoms with E-state index < -0.39 is 10.0 Å². The van der Waals surface area contributed by atoms with E-state index in [9.17, 15) is 8.42 Å². The third-order valence-corrected chi connectivity index (χ3v) is 4.70. The Morgan fingerprint density at radius 3 is 2.30 bits per heavy atom. The highest BCUT2D eigenvalue weighted by Gasteiger charge is 2.23. The van der Waals surface area contributed by atoms with Gasteiger partial charge in [-0.15, -0.1) is 0 Å². The largest absolute Gasteiger partial charge is 0.320 e. The maximum Gasteiger partial charge on any atom is 0.243 e. The van der Waals surface area contributed by atoms with Gasteiger partial charge in [0, 0.05) is 18.7 Å². The van der Waals surface area contributed by atoms with E-state index in [1.54, 1.807) is 24.3 Å². The predicted molar refractivity (Wildman–Crippen MR) is 81.6 cm³/mol. The summed E-state index contributed by atoms with van der Waals surface area (Å²) >= 11 is 0. The molecule has 0 aliphatic rings. The molecule has 1 aromatic carbocycles. The number of nitrogens with two attached hydrogens (primary N) is 1. The Morgan fingerprint density at radius 2 is 1.85 bits per heavy atom. The third-order valence-electron chi connectivity index (χ3n) is 2.75. The van der Waals surface area contributed by atoms with Crippen molar-refractivity contribution < 1.29 is 8.42 Å². The molecular weight excluding hydrogens is 272 g/mol. The lowest BCUT2D eigenvalue weighted by Crippen LogP contribution is -2.34. The highest BCUT2D eigenvalue weighted by molar-refractivity contribution is 7.89. The molecular formula is C15H22N2O2S. The highest BCUT2D eigenvalue weighted by Crippen LogP contribution is 2.17. The van der Waals surface area contributed by atoms with Crippen LogP contribution in [0.2, 0.25) is 0 Å². The van der Waals surface area contributed by atoms with Crippen LogP contribution in [0.4, 0.5) is 0 Å². The second-order valence-electron chi connectivity index (χ2n) is 4.88. The molecule has 0 aromatic heterocycles. The number of sulfonamides is 1. The van der Waals surface area contributed by atoms with Crippen molar-refractivity contribution >= 4 is 10.0 Å². The molecule has 0 spiro atoms. The van der Waals surface area contributed by atoms with Gasteiger partial charge in [0.25, 0.3) is 0 Å². The van der Waals surface area contributed by atoms with Gasteiger partial charge in [0.05, 0.1) is 11.4 Å². The molecule has 0 atom stereocenters. The Kier molecular flexibility index (Phi) is 6.21. The Bertz CT molecular complexity index is 581. The Morgan fingerprint density at radius 1 is 1.25 bits per heavy atom. The minimum absolute atomic E-state index is 0.290. The van der Waals surface area contributed by atoms with E-state index in [1.807, 2.05) is 20.8 Å². The summed E-state index contributed by atoms with van der Waals surface area (Å²) < 4.78 is 26.5. The minimum Gasteiger partial charge on any atom is -0.320 e. The number of nitrogens with zero attached hydrogens (tertiary/aromatic N) is 1. The third kappa shape index (κ3) is 4.34. The molecule has 0 aliphatic heterocycles. The molecule has 0 aliphatic carbocycles. The summed E-state index contributed by atoms with van der Waals surface area (Å²) in [6.45, 7) is 7.13. The first-order chi connectivity index (χ1) is 9.41. The van der Waals surface area contributed by atoms with Gasteiger partial charge in [-0.3, -0.25) is 0 Å². The highest BCUT2D eigenvalue weighted by atomic mass is 32.2. The molecule has 0 heterocycles. The van der Waals surface area contributed by atoms with Gasteiger partial charge in [0.1, 0.15) is 0 Å². The molecule has 0 bridgehead atoms. The number of rotatable bonds is 5. The number of hydrogen-bond donors (Lipinski definition) is 1. The van der Waals surface area contributed by atoms with Gasteiger partial charge in [-0.05, 0) is 30.2 Å². The van der Waals surface area contributed by atoms with Crippen LogP contribution in [0.15, 0.2) is 29.2 Å². The summed E-state index contributed by atoms with van der Waals surface area (Å²) in [5.74, 6) is 5.91. The van der Waals surface area contributed by atoms with Crippen molar-refractivity contribution in [2.45, 2.75) is 25.7 Å². The van der Waals surface area contributed by atoms with Crippen LogP contribution in [0.1, 0.15) is 26.3 Å². The predicted octanol–water partition coefficient (Wildman–Crippen LogP) is 1.66. The van der Waals surface area contributed by atoms with Crippen LogP contribution in [-0.2, 0) is 10.0 Å². The van der Waals surface area contributed by atoms with Crippen molar-refractivity contribution in [2.75, 3.05) is 19.6 Å². The van der Waals surface area contributed by atoms with E-state index in [-0.39, 0.29) is 6.54 Å². The molecule has 0 unspecified atom stereocenters. The normalized spacial score (nSPS) is 11.5. The average molecular weight is 294 g/mol. The Balaban J connectivity index is 3.02. The summed E-state index contributed by atoms with van der Waals surface area (Å²) in [7, 11) is -3.42. The molecule has 0 saturated heterocycles. The van der Waals surface area contributed by atoms with Gasteiger partial charge in [-0.2, -0.15) is 4.31 Å². The SMILES string of the molecule is CCN(CC(C)C)S(=O)(=O)c1ccc(C#CCN)cc1. The van der Waals surface area contributed by atoms with Crippen molar-refractivity contribution in [2.24, 2.45) is 11.7 Å². The van der Waals surface area contributed by atoms with E-state index in [4.69, 9.17) is 5.73 Å². The minimum atomic E-state index is -3.42. The zero-order valence-corrected chi connectivity index (χ0v) is 13.1. The topological polar surface area (TPSA) is 63.4 Å². The van der Waals surface area contributed by atoms with Gasteiger partial charge in [-0.1, -0.05) is 32.6 Å². The molecule has 20 heavy (non-hydrogen) atoms. The van der Waals surface area contributed by atoms with Crippen LogP contribution in [-0.4, -0.2) is 32.4 Å². The van der Waals surface area contributed by atoms with Crippen LogP contribution < -0.4 is 5.73 Å². The number of benzene rings is 1. The van der Waals surface area contributed by atoms with Gasteiger partial charge in [-0.25, -0.2) is 8.42 Å². The van der Waals surface area contributed by atoms with Crippen molar-refractivity contribution in [3.05, 3.63) is 29.8 Å².